The largest absolute Gasteiger partial charge is 0.398 e. The van der Waals surface area contributed by atoms with Gasteiger partial charge in [-0.3, -0.25) is 9.79 Å². The summed E-state index contributed by atoms with van der Waals surface area (Å²) in [6.45, 7) is 5.97. The number of nitrogens with two attached hydrogens (primary N) is 1. The van der Waals surface area contributed by atoms with Crippen molar-refractivity contribution in [2.24, 2.45) is 10.7 Å². The number of hydrogen-bond acceptors (Lipinski definition) is 5. The molecule has 0 saturated carbocycles. The molecule has 4 nitrogen and oxygen atoms in total. The van der Waals surface area contributed by atoms with Gasteiger partial charge in [0.05, 0.1) is 16.7 Å². The highest BCUT2D eigenvalue weighted by Gasteiger charge is 2.34. The van der Waals surface area contributed by atoms with Gasteiger partial charge in [-0.15, -0.1) is 11.3 Å². The van der Waals surface area contributed by atoms with Gasteiger partial charge in [-0.2, -0.15) is 0 Å². The third kappa shape index (κ3) is 4.08. The van der Waals surface area contributed by atoms with Gasteiger partial charge in [0.15, 0.2) is 5.78 Å². The first-order valence-corrected chi connectivity index (χ1v) is 10.3. The quantitative estimate of drug-likeness (QED) is 0.491. The topological polar surface area (TPSA) is 64.7 Å². The van der Waals surface area contributed by atoms with Crippen LogP contribution in [-0.2, 0) is 4.74 Å². The normalized spacial score (nSPS) is 20.6. The molecule has 2 atom stereocenters. The van der Waals surface area contributed by atoms with Gasteiger partial charge in [-0.05, 0) is 62.9 Å². The Kier molecular flexibility index (Phi) is 6.42. The first-order chi connectivity index (χ1) is 13.5. The lowest BCUT2D eigenvalue weighted by molar-refractivity contribution is 0.0384. The van der Waals surface area contributed by atoms with Crippen molar-refractivity contribution in [1.82, 2.24) is 0 Å². The van der Waals surface area contributed by atoms with Gasteiger partial charge in [-0.25, -0.2) is 4.39 Å². The van der Waals surface area contributed by atoms with E-state index in [1.54, 1.807) is 17.6 Å². The molecule has 28 heavy (non-hydrogen) atoms. The summed E-state index contributed by atoms with van der Waals surface area (Å²) in [5, 5.41) is 2.02. The van der Waals surface area contributed by atoms with Crippen LogP contribution in [0.5, 0.6) is 0 Å². The van der Waals surface area contributed by atoms with Gasteiger partial charge in [0.25, 0.3) is 0 Å². The van der Waals surface area contributed by atoms with E-state index in [1.165, 1.54) is 24.3 Å². The van der Waals surface area contributed by atoms with Crippen molar-refractivity contribution in [3.63, 3.8) is 0 Å². The lowest BCUT2D eigenvalue weighted by Crippen LogP contribution is -2.19. The standard InChI is InChI=1S/C22H25FN2O2S/c1-4-13(3)19(24)16-12-28-22(20(16)25-5-2)18-11-10-17(27-18)21(26)14-6-8-15(23)9-7-14/h5-9,12,17-18H,4,10-11,24H2,1-3H3. The molecule has 1 saturated heterocycles. The second kappa shape index (κ2) is 8.80. The number of allylic oxidation sites excluding steroid dienone is 1. The van der Waals surface area contributed by atoms with Gasteiger partial charge in [0.2, 0.25) is 0 Å². The Labute approximate surface area is 168 Å². The summed E-state index contributed by atoms with van der Waals surface area (Å²) in [6.07, 6.45) is 3.27. The Hall–Kier alpha value is -2.31. The molecule has 2 aromatic rings. The third-order valence-electron chi connectivity index (χ3n) is 5.06. The zero-order chi connectivity index (χ0) is 20.3. The molecule has 1 aliphatic rings. The molecule has 0 bridgehead atoms. The highest BCUT2D eigenvalue weighted by atomic mass is 32.1. The zero-order valence-corrected chi connectivity index (χ0v) is 17.2. The van der Waals surface area contributed by atoms with Gasteiger partial charge in [0, 0.05) is 28.4 Å². The number of hydrogen-bond donors (Lipinski definition) is 1. The molecule has 2 heterocycles. The molecule has 0 aliphatic carbocycles. The third-order valence-corrected chi connectivity index (χ3v) is 6.13. The number of rotatable bonds is 6. The maximum Gasteiger partial charge on any atom is 0.191 e. The molecule has 6 heteroatoms. The Balaban J connectivity index is 1.84. The number of carbonyl (C=O) groups excluding carboxylic acids is 1. The van der Waals surface area contributed by atoms with Crippen LogP contribution < -0.4 is 5.73 Å². The van der Waals surface area contributed by atoms with E-state index >= 15 is 0 Å². The molecule has 0 radical (unpaired) electrons. The monoisotopic (exact) mass is 400 g/mol. The summed E-state index contributed by atoms with van der Waals surface area (Å²) < 4.78 is 19.2. The fraction of sp³-hybridized carbons (Fsp3) is 0.364. The van der Waals surface area contributed by atoms with Gasteiger partial charge < -0.3 is 10.5 Å². The van der Waals surface area contributed by atoms with E-state index in [9.17, 15) is 9.18 Å². The molecule has 1 aromatic carbocycles. The molecule has 0 spiro atoms. The van der Waals surface area contributed by atoms with Crippen LogP contribution >= 0.6 is 11.3 Å². The molecule has 1 aromatic heterocycles. The Bertz CT molecular complexity index is 915. The summed E-state index contributed by atoms with van der Waals surface area (Å²) in [5.74, 6) is -0.468. The molecule has 2 unspecified atom stereocenters. The number of benzene rings is 1. The van der Waals surface area contributed by atoms with Crippen molar-refractivity contribution in [3.05, 3.63) is 57.0 Å². The van der Waals surface area contributed by atoms with E-state index in [-0.39, 0.29) is 17.7 Å². The minimum Gasteiger partial charge on any atom is -0.398 e. The lowest BCUT2D eigenvalue weighted by Gasteiger charge is -2.13. The Morgan fingerprint density at radius 1 is 1.36 bits per heavy atom. The van der Waals surface area contributed by atoms with Crippen LogP contribution in [0.4, 0.5) is 10.1 Å². The van der Waals surface area contributed by atoms with Crippen molar-refractivity contribution in [2.45, 2.75) is 52.2 Å². The van der Waals surface area contributed by atoms with Gasteiger partial charge >= 0.3 is 0 Å². The number of carbonyl (C=O) groups is 1. The van der Waals surface area contributed by atoms with Crippen LogP contribution in [0.25, 0.3) is 5.70 Å². The number of ketones is 1. The van der Waals surface area contributed by atoms with Crippen LogP contribution in [0.15, 0.2) is 40.2 Å². The summed E-state index contributed by atoms with van der Waals surface area (Å²) in [6, 6.07) is 5.60. The van der Waals surface area contributed by atoms with Crippen molar-refractivity contribution in [1.29, 1.82) is 0 Å². The second-order valence-corrected chi connectivity index (χ2v) is 7.77. The highest BCUT2D eigenvalue weighted by molar-refractivity contribution is 7.10. The van der Waals surface area contributed by atoms with E-state index in [0.717, 1.165) is 40.2 Å². The fourth-order valence-corrected chi connectivity index (χ4v) is 4.37. The zero-order valence-electron chi connectivity index (χ0n) is 16.4. The maximum atomic E-state index is 13.1. The number of aliphatic imine (C=N–C) groups is 1. The average molecular weight is 401 g/mol. The van der Waals surface area contributed by atoms with E-state index in [4.69, 9.17) is 10.5 Å². The smallest absolute Gasteiger partial charge is 0.191 e. The van der Waals surface area contributed by atoms with Crippen LogP contribution in [0.2, 0.25) is 0 Å². The molecule has 1 aliphatic heterocycles. The number of ether oxygens (including phenoxy) is 1. The predicted molar refractivity (Wildman–Crippen MR) is 113 cm³/mol. The van der Waals surface area contributed by atoms with Gasteiger partial charge in [-0.1, -0.05) is 6.92 Å². The van der Waals surface area contributed by atoms with E-state index < -0.39 is 6.10 Å². The van der Waals surface area contributed by atoms with Crippen LogP contribution in [0.1, 0.15) is 66.9 Å². The number of halogens is 1. The van der Waals surface area contributed by atoms with E-state index in [0.29, 0.717) is 12.0 Å². The minimum atomic E-state index is -0.523. The number of nitrogens with zero attached hydrogens (tertiary/aromatic N) is 1. The fourth-order valence-electron chi connectivity index (χ4n) is 3.29. The summed E-state index contributed by atoms with van der Waals surface area (Å²) >= 11 is 1.57. The maximum absolute atomic E-state index is 13.1. The lowest BCUT2D eigenvalue weighted by atomic mass is 10.0. The predicted octanol–water partition coefficient (Wildman–Crippen LogP) is 5.81. The number of thiophene rings is 1. The van der Waals surface area contributed by atoms with Crippen molar-refractivity contribution < 1.29 is 13.9 Å². The van der Waals surface area contributed by atoms with Crippen LogP contribution in [0, 0.1) is 5.82 Å². The Morgan fingerprint density at radius 2 is 2.07 bits per heavy atom. The molecule has 0 amide bonds. The second-order valence-electron chi connectivity index (χ2n) is 6.86. The summed E-state index contributed by atoms with van der Waals surface area (Å²) in [5.41, 5.74) is 10.4. The van der Waals surface area contributed by atoms with Crippen LogP contribution in [0.3, 0.4) is 0 Å². The first kappa shape index (κ1) is 20.4. The van der Waals surface area contributed by atoms with Crippen molar-refractivity contribution in [2.75, 3.05) is 0 Å². The molecule has 3 rings (SSSR count). The van der Waals surface area contributed by atoms with Gasteiger partial charge in [0.1, 0.15) is 11.9 Å². The number of Topliss-reactive ketones (excluding diaryl/α,β-unsaturated/α-hetero) is 1. The Morgan fingerprint density at radius 3 is 2.71 bits per heavy atom. The van der Waals surface area contributed by atoms with E-state index in [1.807, 2.05) is 19.2 Å². The average Bonchev–Trinajstić information content (AvgIpc) is 3.34. The molecule has 2 N–H and O–H groups in total. The summed E-state index contributed by atoms with van der Waals surface area (Å²) in [7, 11) is 0. The first-order valence-electron chi connectivity index (χ1n) is 9.47. The molecular formula is C22H25FN2O2S. The van der Waals surface area contributed by atoms with Crippen LogP contribution in [-0.4, -0.2) is 18.1 Å². The van der Waals surface area contributed by atoms with Crippen molar-refractivity contribution >= 4 is 34.7 Å². The highest BCUT2D eigenvalue weighted by Crippen LogP contribution is 2.45. The molecular weight excluding hydrogens is 375 g/mol. The SMILES string of the molecule is CC=Nc1c(C(N)=C(C)CC)csc1C1CCC(C(=O)c2ccc(F)cc2)O1. The summed E-state index contributed by atoms with van der Waals surface area (Å²) in [4.78, 5) is 18.2. The molecule has 1 fully saturated rings. The van der Waals surface area contributed by atoms with Crippen molar-refractivity contribution in [3.8, 4) is 0 Å². The molecule has 148 valence electrons. The minimum absolute atomic E-state index is 0.110. The van der Waals surface area contributed by atoms with E-state index in [2.05, 4.69) is 11.9 Å².